The normalized spacial score (nSPS) is 18.0. The van der Waals surface area contributed by atoms with Crippen molar-refractivity contribution >= 4 is 26.9 Å². The van der Waals surface area contributed by atoms with E-state index in [9.17, 15) is 21.6 Å². The average Bonchev–Trinajstić information content (AvgIpc) is 3.04. The van der Waals surface area contributed by atoms with E-state index in [2.05, 4.69) is 20.4 Å². The molecule has 1 saturated heterocycles. The first-order valence-corrected chi connectivity index (χ1v) is 9.32. The van der Waals surface area contributed by atoms with Gasteiger partial charge in [-0.05, 0) is 12.8 Å². The van der Waals surface area contributed by atoms with Crippen LogP contribution in [0.5, 0.6) is 0 Å². The van der Waals surface area contributed by atoms with Crippen molar-refractivity contribution in [3.8, 4) is 0 Å². The second-order valence-corrected chi connectivity index (χ2v) is 7.84. The van der Waals surface area contributed by atoms with Crippen LogP contribution in [0, 0.1) is 0 Å². The highest BCUT2D eigenvalue weighted by molar-refractivity contribution is 7.89. The quantitative estimate of drug-likeness (QED) is 0.760. The first kappa shape index (κ1) is 17.9. The number of aromatic nitrogens is 4. The van der Waals surface area contributed by atoms with Crippen molar-refractivity contribution in [2.75, 3.05) is 30.7 Å². The van der Waals surface area contributed by atoms with E-state index in [1.54, 1.807) is 0 Å². The van der Waals surface area contributed by atoms with Crippen LogP contribution in [0.1, 0.15) is 12.8 Å². The van der Waals surface area contributed by atoms with Crippen molar-refractivity contribution in [3.05, 3.63) is 12.5 Å². The monoisotopic (exact) mass is 378 g/mol. The Morgan fingerprint density at radius 1 is 1.28 bits per heavy atom. The number of halogens is 3. The maximum absolute atomic E-state index is 12.5. The average molecular weight is 378 g/mol. The molecule has 0 radical (unpaired) electrons. The Bertz CT molecular complexity index is 851. The third-order valence-corrected chi connectivity index (χ3v) is 5.74. The molecular weight excluding hydrogens is 361 g/mol. The van der Waals surface area contributed by atoms with Crippen molar-refractivity contribution in [1.29, 1.82) is 0 Å². The minimum absolute atomic E-state index is 0.170. The summed E-state index contributed by atoms with van der Waals surface area (Å²) in [6.07, 6.45) is -0.705. The minimum atomic E-state index is -4.37. The fourth-order valence-corrected chi connectivity index (χ4v) is 4.26. The van der Waals surface area contributed by atoms with Crippen molar-refractivity contribution in [2.24, 2.45) is 0 Å². The first-order valence-electron chi connectivity index (χ1n) is 7.71. The van der Waals surface area contributed by atoms with Gasteiger partial charge in [0.05, 0.1) is 11.1 Å². The molecule has 0 saturated carbocycles. The number of fused-ring (bicyclic) bond motifs is 1. The summed E-state index contributed by atoms with van der Waals surface area (Å²) in [5, 5.41) is 7.18. The van der Waals surface area contributed by atoms with Crippen molar-refractivity contribution in [2.45, 2.75) is 25.6 Å². The number of nitrogens with zero attached hydrogens (tertiary/aromatic N) is 5. The first-order chi connectivity index (χ1) is 11.7. The molecule has 0 aliphatic carbocycles. The van der Waals surface area contributed by atoms with Crippen LogP contribution < -0.4 is 5.32 Å². The van der Waals surface area contributed by atoms with Crippen LogP contribution >= 0.6 is 0 Å². The fraction of sp³-hybridized carbons (Fsp3) is 0.615. The minimum Gasteiger partial charge on any atom is -0.369 e. The van der Waals surface area contributed by atoms with E-state index in [-0.39, 0.29) is 11.4 Å². The summed E-state index contributed by atoms with van der Waals surface area (Å²) in [4.78, 5) is 7.89. The molecule has 3 rings (SSSR count). The number of hydrogen-bond acceptors (Lipinski definition) is 6. The highest BCUT2D eigenvalue weighted by atomic mass is 32.2. The van der Waals surface area contributed by atoms with E-state index < -0.39 is 22.7 Å². The van der Waals surface area contributed by atoms with Gasteiger partial charge in [0.25, 0.3) is 0 Å². The van der Waals surface area contributed by atoms with Crippen molar-refractivity contribution in [3.63, 3.8) is 0 Å². The van der Waals surface area contributed by atoms with Crippen LogP contribution in [0.4, 0.5) is 19.0 Å². The molecule has 25 heavy (non-hydrogen) atoms. The number of nitrogens with one attached hydrogen (secondary N) is 1. The van der Waals surface area contributed by atoms with Crippen molar-refractivity contribution in [1.82, 2.24) is 24.1 Å². The zero-order chi connectivity index (χ0) is 18.1. The number of alkyl halides is 3. The van der Waals surface area contributed by atoms with Gasteiger partial charge in [-0.1, -0.05) is 0 Å². The summed E-state index contributed by atoms with van der Waals surface area (Å²) in [6.45, 7) is 0.166. The Hall–Kier alpha value is -1.95. The molecule has 2 aromatic heterocycles. The van der Waals surface area contributed by atoms with Gasteiger partial charge in [0.1, 0.15) is 18.7 Å². The SMILES string of the molecule is O=S1(=O)CCCN1CCCNc1ncnc2nn(CC(F)(F)F)cc12. The molecule has 12 heteroatoms. The van der Waals surface area contributed by atoms with Gasteiger partial charge in [-0.3, -0.25) is 4.68 Å². The molecule has 1 N–H and O–H groups in total. The zero-order valence-corrected chi connectivity index (χ0v) is 14.0. The summed E-state index contributed by atoms with van der Waals surface area (Å²) >= 11 is 0. The van der Waals surface area contributed by atoms with Gasteiger partial charge in [-0.2, -0.15) is 18.3 Å². The Morgan fingerprint density at radius 3 is 2.76 bits per heavy atom. The predicted molar refractivity (Wildman–Crippen MR) is 84.5 cm³/mol. The lowest BCUT2D eigenvalue weighted by molar-refractivity contribution is -0.142. The van der Waals surface area contributed by atoms with Crippen LogP contribution in [-0.4, -0.2) is 64.0 Å². The lowest BCUT2D eigenvalue weighted by atomic mass is 10.3. The molecule has 0 amide bonds. The fourth-order valence-electron chi connectivity index (χ4n) is 2.69. The van der Waals surface area contributed by atoms with E-state index in [1.807, 2.05) is 0 Å². The molecular formula is C13H17F3N6O2S. The second-order valence-electron chi connectivity index (χ2n) is 5.75. The molecule has 1 fully saturated rings. The topological polar surface area (TPSA) is 93.0 Å². The van der Waals surface area contributed by atoms with E-state index >= 15 is 0 Å². The van der Waals surface area contributed by atoms with Gasteiger partial charge < -0.3 is 5.32 Å². The van der Waals surface area contributed by atoms with Crippen molar-refractivity contribution < 1.29 is 21.6 Å². The summed E-state index contributed by atoms with van der Waals surface area (Å²) in [6, 6.07) is 0. The lowest BCUT2D eigenvalue weighted by Gasteiger charge is -2.14. The molecule has 0 spiro atoms. The molecule has 2 aromatic rings. The number of rotatable bonds is 6. The van der Waals surface area contributed by atoms with Crippen LogP contribution in [0.3, 0.4) is 0 Å². The number of sulfonamides is 1. The third kappa shape index (κ3) is 4.37. The maximum Gasteiger partial charge on any atom is 0.408 e. The zero-order valence-electron chi connectivity index (χ0n) is 13.2. The Morgan fingerprint density at radius 2 is 2.08 bits per heavy atom. The van der Waals surface area contributed by atoms with Crippen LogP contribution in [0.15, 0.2) is 12.5 Å². The highest BCUT2D eigenvalue weighted by Gasteiger charge is 2.29. The number of hydrogen-bond donors (Lipinski definition) is 1. The molecule has 3 heterocycles. The van der Waals surface area contributed by atoms with Gasteiger partial charge in [0, 0.05) is 25.8 Å². The molecule has 1 aliphatic rings. The van der Waals surface area contributed by atoms with Gasteiger partial charge in [-0.25, -0.2) is 22.7 Å². The Labute approximate surface area is 142 Å². The highest BCUT2D eigenvalue weighted by Crippen LogP contribution is 2.22. The van der Waals surface area contributed by atoms with Crippen LogP contribution in [0.2, 0.25) is 0 Å². The summed E-state index contributed by atoms with van der Waals surface area (Å²) in [7, 11) is -3.12. The van der Waals surface area contributed by atoms with Crippen LogP contribution in [0.25, 0.3) is 11.0 Å². The van der Waals surface area contributed by atoms with Gasteiger partial charge in [-0.15, -0.1) is 0 Å². The molecule has 0 atom stereocenters. The van der Waals surface area contributed by atoms with E-state index in [0.717, 1.165) is 4.68 Å². The largest absolute Gasteiger partial charge is 0.408 e. The molecule has 138 valence electrons. The molecule has 0 bridgehead atoms. The van der Waals surface area contributed by atoms with E-state index in [4.69, 9.17) is 0 Å². The predicted octanol–water partition coefficient (Wildman–Crippen LogP) is 1.23. The lowest BCUT2D eigenvalue weighted by Crippen LogP contribution is -2.28. The standard InChI is InChI=1S/C13H17F3N6O2S/c14-13(15,16)8-21-7-10-11(18-9-19-12(10)20-21)17-3-1-4-22-5-2-6-25(22,23)24/h7,9H,1-6,8H2,(H,17,18,19,20). The van der Waals surface area contributed by atoms with E-state index in [1.165, 1.54) is 16.8 Å². The Balaban J connectivity index is 1.61. The molecule has 0 aromatic carbocycles. The summed E-state index contributed by atoms with van der Waals surface area (Å²) in [5.74, 6) is 0.563. The van der Waals surface area contributed by atoms with Crippen LogP contribution in [-0.2, 0) is 16.6 Å². The smallest absolute Gasteiger partial charge is 0.369 e. The maximum atomic E-state index is 12.5. The Kier molecular flexibility index (Phi) is 4.82. The molecule has 8 nitrogen and oxygen atoms in total. The molecule has 1 aliphatic heterocycles. The number of anilines is 1. The summed E-state index contributed by atoms with van der Waals surface area (Å²) < 4.78 is 63.0. The van der Waals surface area contributed by atoms with Gasteiger partial charge in [0.2, 0.25) is 10.0 Å². The third-order valence-electron chi connectivity index (χ3n) is 3.79. The molecule has 0 unspecified atom stereocenters. The van der Waals surface area contributed by atoms with Gasteiger partial charge >= 0.3 is 6.18 Å². The summed E-state index contributed by atoms with van der Waals surface area (Å²) in [5.41, 5.74) is 0.170. The second kappa shape index (κ2) is 6.75. The van der Waals surface area contributed by atoms with E-state index in [0.29, 0.717) is 43.7 Å². The van der Waals surface area contributed by atoms with Gasteiger partial charge in [0.15, 0.2) is 5.65 Å².